The van der Waals surface area contributed by atoms with Crippen molar-refractivity contribution in [3.05, 3.63) is 28.7 Å². The topological polar surface area (TPSA) is 59.9 Å². The van der Waals surface area contributed by atoms with Crippen molar-refractivity contribution in [2.75, 3.05) is 14.2 Å². The van der Waals surface area contributed by atoms with Gasteiger partial charge in [0, 0.05) is 24.7 Å². The van der Waals surface area contributed by atoms with Crippen molar-refractivity contribution >= 4 is 11.3 Å². The van der Waals surface area contributed by atoms with Crippen molar-refractivity contribution in [3.8, 4) is 10.7 Å². The van der Waals surface area contributed by atoms with E-state index in [2.05, 4.69) is 20.3 Å². The zero-order chi connectivity index (χ0) is 13.0. The normalized spacial score (nSPS) is 10.8. The Kier molecular flexibility index (Phi) is 4.35. The second-order valence-electron chi connectivity index (χ2n) is 3.84. The van der Waals surface area contributed by atoms with Gasteiger partial charge in [-0.25, -0.2) is 15.0 Å². The van der Waals surface area contributed by atoms with Gasteiger partial charge in [-0.15, -0.1) is 11.3 Å². The van der Waals surface area contributed by atoms with Crippen LogP contribution in [0.4, 0.5) is 0 Å². The van der Waals surface area contributed by atoms with E-state index in [1.165, 1.54) is 4.88 Å². The Balaban J connectivity index is 2.36. The Labute approximate surface area is 110 Å². The third-order valence-corrected chi connectivity index (χ3v) is 3.51. The van der Waals surface area contributed by atoms with Gasteiger partial charge in [0.25, 0.3) is 0 Å². The summed E-state index contributed by atoms with van der Waals surface area (Å²) in [5.74, 6) is 0.756. The van der Waals surface area contributed by atoms with E-state index in [9.17, 15) is 0 Å². The summed E-state index contributed by atoms with van der Waals surface area (Å²) in [6, 6.07) is 1.88. The molecule has 0 saturated heterocycles. The van der Waals surface area contributed by atoms with Crippen LogP contribution in [0.15, 0.2) is 12.3 Å². The predicted octanol–water partition coefficient (Wildman–Crippen LogP) is 1.77. The third kappa shape index (κ3) is 2.90. The van der Waals surface area contributed by atoms with Gasteiger partial charge in [-0.05, 0) is 20.0 Å². The summed E-state index contributed by atoms with van der Waals surface area (Å²) in [4.78, 5) is 14.3. The maximum absolute atomic E-state index is 5.17. The Morgan fingerprint density at radius 3 is 2.89 bits per heavy atom. The van der Waals surface area contributed by atoms with Gasteiger partial charge in [0.05, 0.1) is 12.3 Å². The Bertz CT molecular complexity index is 503. The summed E-state index contributed by atoms with van der Waals surface area (Å²) in [6.45, 7) is 3.19. The molecule has 0 amide bonds. The van der Waals surface area contributed by atoms with Crippen LogP contribution in [0.2, 0.25) is 0 Å². The molecule has 2 heterocycles. The quantitative estimate of drug-likeness (QED) is 0.892. The molecular formula is C12H16N4OS. The average Bonchev–Trinajstić information content (AvgIpc) is 2.74. The Hall–Kier alpha value is -1.37. The first-order valence-electron chi connectivity index (χ1n) is 5.66. The second kappa shape index (κ2) is 5.99. The second-order valence-corrected chi connectivity index (χ2v) is 4.92. The summed E-state index contributed by atoms with van der Waals surface area (Å²) in [6.07, 6.45) is 1.76. The number of hydrogen-bond acceptors (Lipinski definition) is 6. The third-order valence-electron chi connectivity index (χ3n) is 2.39. The van der Waals surface area contributed by atoms with Crippen LogP contribution in [0.25, 0.3) is 10.7 Å². The van der Waals surface area contributed by atoms with Crippen molar-refractivity contribution < 1.29 is 4.74 Å². The lowest BCUT2D eigenvalue weighted by Crippen LogP contribution is -2.06. The zero-order valence-electron chi connectivity index (χ0n) is 10.7. The molecule has 2 rings (SSSR count). The molecule has 6 heteroatoms. The molecule has 0 radical (unpaired) electrons. The van der Waals surface area contributed by atoms with E-state index < -0.39 is 0 Å². The number of hydrogen-bond donors (Lipinski definition) is 1. The summed E-state index contributed by atoms with van der Waals surface area (Å²) in [7, 11) is 3.60. The van der Waals surface area contributed by atoms with Gasteiger partial charge in [-0.1, -0.05) is 0 Å². The average molecular weight is 264 g/mol. The molecule has 5 nitrogen and oxygen atoms in total. The van der Waals surface area contributed by atoms with Crippen LogP contribution in [0.5, 0.6) is 0 Å². The molecular weight excluding hydrogens is 248 g/mol. The predicted molar refractivity (Wildman–Crippen MR) is 71.4 cm³/mol. The van der Waals surface area contributed by atoms with Crippen LogP contribution in [-0.4, -0.2) is 29.1 Å². The molecule has 1 N–H and O–H groups in total. The van der Waals surface area contributed by atoms with Crippen molar-refractivity contribution in [2.45, 2.75) is 20.1 Å². The number of aromatic nitrogens is 3. The first kappa shape index (κ1) is 13.1. The highest BCUT2D eigenvalue weighted by Gasteiger charge is 2.12. The van der Waals surface area contributed by atoms with Gasteiger partial charge in [-0.2, -0.15) is 0 Å². The highest BCUT2D eigenvalue weighted by atomic mass is 32.1. The molecule has 0 fully saturated rings. The minimum Gasteiger partial charge on any atom is -0.378 e. The molecule has 0 saturated carbocycles. The van der Waals surface area contributed by atoms with Crippen LogP contribution in [0.3, 0.4) is 0 Å². The van der Waals surface area contributed by atoms with Gasteiger partial charge in [0.2, 0.25) is 0 Å². The smallest absolute Gasteiger partial charge is 0.142 e. The molecule has 0 spiro atoms. The molecule has 18 heavy (non-hydrogen) atoms. The van der Waals surface area contributed by atoms with E-state index in [-0.39, 0.29) is 0 Å². The van der Waals surface area contributed by atoms with Crippen molar-refractivity contribution in [1.82, 2.24) is 20.3 Å². The van der Waals surface area contributed by atoms with E-state index in [0.717, 1.165) is 28.8 Å². The van der Waals surface area contributed by atoms with E-state index in [0.29, 0.717) is 6.61 Å². The molecule has 0 bridgehead atoms. The number of nitrogens with one attached hydrogen (secondary N) is 1. The standard InChI is InChI=1S/C12H16N4OS/c1-8-14-5-4-9(15-8)12-16-10(7-17-3)11(18-12)6-13-2/h4-5,13H,6-7H2,1-3H3. The van der Waals surface area contributed by atoms with Crippen LogP contribution in [-0.2, 0) is 17.9 Å². The van der Waals surface area contributed by atoms with E-state index in [4.69, 9.17) is 4.74 Å². The molecule has 0 aliphatic carbocycles. The fourth-order valence-electron chi connectivity index (χ4n) is 1.62. The number of nitrogens with zero attached hydrogens (tertiary/aromatic N) is 3. The fraction of sp³-hybridized carbons (Fsp3) is 0.417. The largest absolute Gasteiger partial charge is 0.378 e. The molecule has 0 unspecified atom stereocenters. The molecule has 0 atom stereocenters. The number of methoxy groups -OCH3 is 1. The molecule has 96 valence electrons. The first-order chi connectivity index (χ1) is 8.74. The molecule has 0 aromatic carbocycles. The fourth-order valence-corrected chi connectivity index (χ4v) is 2.66. The lowest BCUT2D eigenvalue weighted by molar-refractivity contribution is 0.181. The summed E-state index contributed by atoms with van der Waals surface area (Å²) in [5.41, 5.74) is 1.84. The molecule has 0 aliphatic heterocycles. The van der Waals surface area contributed by atoms with Gasteiger partial charge in [0.15, 0.2) is 0 Å². The van der Waals surface area contributed by atoms with E-state index in [1.54, 1.807) is 24.6 Å². The van der Waals surface area contributed by atoms with Gasteiger partial charge in [-0.3, -0.25) is 0 Å². The van der Waals surface area contributed by atoms with Crippen molar-refractivity contribution in [3.63, 3.8) is 0 Å². The van der Waals surface area contributed by atoms with Crippen LogP contribution in [0, 0.1) is 6.92 Å². The lowest BCUT2D eigenvalue weighted by atomic mass is 10.3. The van der Waals surface area contributed by atoms with Crippen LogP contribution in [0.1, 0.15) is 16.4 Å². The number of thiazole rings is 1. The Morgan fingerprint density at radius 2 is 2.22 bits per heavy atom. The summed E-state index contributed by atoms with van der Waals surface area (Å²) >= 11 is 1.64. The van der Waals surface area contributed by atoms with Gasteiger partial charge in [0.1, 0.15) is 16.5 Å². The van der Waals surface area contributed by atoms with Gasteiger partial charge >= 0.3 is 0 Å². The molecule has 0 aliphatic rings. The highest BCUT2D eigenvalue weighted by Crippen LogP contribution is 2.27. The van der Waals surface area contributed by atoms with Crippen LogP contribution >= 0.6 is 11.3 Å². The maximum atomic E-state index is 5.17. The lowest BCUT2D eigenvalue weighted by Gasteiger charge is -1.98. The SMILES string of the molecule is CNCc1sc(-c2ccnc(C)n2)nc1COC. The van der Waals surface area contributed by atoms with Crippen LogP contribution < -0.4 is 5.32 Å². The summed E-state index contributed by atoms with van der Waals surface area (Å²) < 4.78 is 5.17. The number of rotatable bonds is 5. The Morgan fingerprint density at radius 1 is 1.39 bits per heavy atom. The number of aryl methyl sites for hydroxylation is 1. The maximum Gasteiger partial charge on any atom is 0.142 e. The monoisotopic (exact) mass is 264 g/mol. The van der Waals surface area contributed by atoms with E-state index in [1.807, 2.05) is 20.0 Å². The van der Waals surface area contributed by atoms with Crippen molar-refractivity contribution in [1.29, 1.82) is 0 Å². The molecule has 2 aromatic heterocycles. The first-order valence-corrected chi connectivity index (χ1v) is 6.48. The molecule has 2 aromatic rings. The van der Waals surface area contributed by atoms with E-state index >= 15 is 0 Å². The number of ether oxygens (including phenoxy) is 1. The zero-order valence-corrected chi connectivity index (χ0v) is 11.5. The minimum atomic E-state index is 0.525. The van der Waals surface area contributed by atoms with Gasteiger partial charge < -0.3 is 10.1 Å². The minimum absolute atomic E-state index is 0.525. The highest BCUT2D eigenvalue weighted by molar-refractivity contribution is 7.15. The summed E-state index contributed by atoms with van der Waals surface area (Å²) in [5, 5.41) is 4.06. The van der Waals surface area contributed by atoms with Crippen molar-refractivity contribution in [2.24, 2.45) is 0 Å².